The standard InChI is InChI=1S/C14H26N2O3/c1-11(13(17)16(2)3)15-12-4-7-19-14(10-12)5-8-18-9-6-14/h11-12,15H,4-10H2,1-3H3. The van der Waals surface area contributed by atoms with Crippen molar-refractivity contribution in [3.8, 4) is 0 Å². The van der Waals surface area contributed by atoms with Gasteiger partial charge in [-0.2, -0.15) is 0 Å². The fraction of sp³-hybridized carbons (Fsp3) is 0.929. The molecule has 1 N–H and O–H groups in total. The summed E-state index contributed by atoms with van der Waals surface area (Å²) in [5, 5.41) is 3.46. The molecule has 0 radical (unpaired) electrons. The van der Waals surface area contributed by atoms with Crippen molar-refractivity contribution >= 4 is 5.91 Å². The Balaban J connectivity index is 1.88. The van der Waals surface area contributed by atoms with Gasteiger partial charge in [0.1, 0.15) is 0 Å². The van der Waals surface area contributed by atoms with Gasteiger partial charge < -0.3 is 19.7 Å². The summed E-state index contributed by atoms with van der Waals surface area (Å²) in [6, 6.07) is 0.237. The fourth-order valence-corrected chi connectivity index (χ4v) is 3.07. The van der Waals surface area contributed by atoms with Crippen LogP contribution < -0.4 is 5.32 Å². The average Bonchev–Trinajstić information content (AvgIpc) is 2.38. The van der Waals surface area contributed by atoms with Crippen LogP contribution in [0.5, 0.6) is 0 Å². The van der Waals surface area contributed by atoms with Gasteiger partial charge in [0.2, 0.25) is 5.91 Å². The first-order chi connectivity index (χ1) is 9.02. The van der Waals surface area contributed by atoms with E-state index in [2.05, 4.69) is 5.32 Å². The van der Waals surface area contributed by atoms with Crippen molar-refractivity contribution < 1.29 is 14.3 Å². The number of carbonyl (C=O) groups excluding carboxylic acids is 1. The minimum absolute atomic E-state index is 0.0188. The second-order valence-electron chi connectivity index (χ2n) is 5.95. The molecule has 0 saturated carbocycles. The molecule has 5 heteroatoms. The molecule has 19 heavy (non-hydrogen) atoms. The molecule has 1 amide bonds. The van der Waals surface area contributed by atoms with Crippen molar-refractivity contribution in [3.63, 3.8) is 0 Å². The number of ether oxygens (including phenoxy) is 2. The average molecular weight is 270 g/mol. The monoisotopic (exact) mass is 270 g/mol. The van der Waals surface area contributed by atoms with Crippen LogP contribution in [0, 0.1) is 0 Å². The maximum absolute atomic E-state index is 11.9. The molecule has 0 bridgehead atoms. The van der Waals surface area contributed by atoms with Crippen LogP contribution in [0.25, 0.3) is 0 Å². The first kappa shape index (κ1) is 14.8. The van der Waals surface area contributed by atoms with Crippen LogP contribution >= 0.6 is 0 Å². The van der Waals surface area contributed by atoms with Crippen LogP contribution in [0.15, 0.2) is 0 Å². The molecule has 2 aliphatic rings. The van der Waals surface area contributed by atoms with Crippen LogP contribution in [0.3, 0.4) is 0 Å². The van der Waals surface area contributed by atoms with Gasteiger partial charge in [0, 0.05) is 40.0 Å². The van der Waals surface area contributed by atoms with Crippen molar-refractivity contribution in [1.82, 2.24) is 10.2 Å². The van der Waals surface area contributed by atoms with Crippen molar-refractivity contribution in [1.29, 1.82) is 0 Å². The van der Waals surface area contributed by atoms with Crippen LogP contribution in [0.4, 0.5) is 0 Å². The zero-order valence-electron chi connectivity index (χ0n) is 12.3. The molecule has 110 valence electrons. The highest BCUT2D eigenvalue weighted by Crippen LogP contribution is 2.34. The van der Waals surface area contributed by atoms with E-state index in [1.165, 1.54) is 0 Å². The topological polar surface area (TPSA) is 50.8 Å². The van der Waals surface area contributed by atoms with E-state index < -0.39 is 0 Å². The van der Waals surface area contributed by atoms with Crippen LogP contribution in [-0.4, -0.2) is 62.4 Å². The van der Waals surface area contributed by atoms with E-state index in [1.807, 2.05) is 6.92 Å². The van der Waals surface area contributed by atoms with E-state index >= 15 is 0 Å². The van der Waals surface area contributed by atoms with Crippen LogP contribution in [-0.2, 0) is 14.3 Å². The molecule has 2 rings (SSSR count). The minimum Gasteiger partial charge on any atom is -0.381 e. The Labute approximate surface area is 115 Å². The highest BCUT2D eigenvalue weighted by atomic mass is 16.5. The third-order valence-corrected chi connectivity index (χ3v) is 4.19. The van der Waals surface area contributed by atoms with Crippen molar-refractivity contribution in [2.24, 2.45) is 0 Å². The third-order valence-electron chi connectivity index (χ3n) is 4.19. The Morgan fingerprint density at radius 2 is 2.00 bits per heavy atom. The molecule has 2 heterocycles. The Bertz CT molecular complexity index is 308. The smallest absolute Gasteiger partial charge is 0.238 e. The van der Waals surface area contributed by atoms with Gasteiger partial charge in [0.25, 0.3) is 0 Å². The maximum Gasteiger partial charge on any atom is 0.238 e. The summed E-state index contributed by atoms with van der Waals surface area (Å²) in [5.74, 6) is 0.132. The molecule has 0 aromatic heterocycles. The van der Waals surface area contributed by atoms with Gasteiger partial charge in [-0.3, -0.25) is 4.79 Å². The van der Waals surface area contributed by atoms with Crippen LogP contribution in [0.1, 0.15) is 32.6 Å². The van der Waals surface area contributed by atoms with Crippen molar-refractivity contribution in [2.45, 2.75) is 50.3 Å². The first-order valence-corrected chi connectivity index (χ1v) is 7.21. The van der Waals surface area contributed by atoms with E-state index in [9.17, 15) is 4.79 Å². The van der Waals surface area contributed by atoms with Crippen molar-refractivity contribution in [2.75, 3.05) is 33.9 Å². The largest absolute Gasteiger partial charge is 0.381 e. The predicted molar refractivity (Wildman–Crippen MR) is 73.0 cm³/mol. The Kier molecular flexibility index (Phi) is 4.81. The molecular weight excluding hydrogens is 244 g/mol. The van der Waals surface area contributed by atoms with Gasteiger partial charge in [-0.05, 0) is 32.6 Å². The summed E-state index contributed by atoms with van der Waals surface area (Å²) in [5.41, 5.74) is -0.0188. The molecule has 1 spiro atoms. The zero-order valence-corrected chi connectivity index (χ0v) is 12.3. The highest BCUT2D eigenvalue weighted by Gasteiger charge is 2.39. The number of likely N-dealkylation sites (N-methyl/N-ethyl adjacent to an activating group) is 1. The lowest BCUT2D eigenvalue weighted by Gasteiger charge is -2.44. The summed E-state index contributed by atoms with van der Waals surface area (Å²) in [6.45, 7) is 4.30. The summed E-state index contributed by atoms with van der Waals surface area (Å²) in [6.07, 6.45) is 3.91. The minimum atomic E-state index is -0.130. The summed E-state index contributed by atoms with van der Waals surface area (Å²) in [7, 11) is 3.59. The second kappa shape index (κ2) is 6.20. The van der Waals surface area contributed by atoms with E-state index in [0.717, 1.165) is 45.5 Å². The van der Waals surface area contributed by atoms with Gasteiger partial charge in [0.05, 0.1) is 11.6 Å². The fourth-order valence-electron chi connectivity index (χ4n) is 3.07. The lowest BCUT2D eigenvalue weighted by molar-refractivity contribution is -0.143. The van der Waals surface area contributed by atoms with Gasteiger partial charge in [-0.25, -0.2) is 0 Å². The number of hydrogen-bond donors (Lipinski definition) is 1. The normalized spacial score (nSPS) is 28.1. The third kappa shape index (κ3) is 3.68. The molecule has 5 nitrogen and oxygen atoms in total. The van der Waals surface area contributed by atoms with E-state index in [0.29, 0.717) is 6.04 Å². The molecule has 2 saturated heterocycles. The Morgan fingerprint density at radius 1 is 1.32 bits per heavy atom. The second-order valence-corrected chi connectivity index (χ2v) is 5.95. The number of rotatable bonds is 3. The van der Waals surface area contributed by atoms with Gasteiger partial charge in [-0.1, -0.05) is 0 Å². The summed E-state index contributed by atoms with van der Waals surface area (Å²) < 4.78 is 11.4. The first-order valence-electron chi connectivity index (χ1n) is 7.21. The molecule has 2 aliphatic heterocycles. The summed E-state index contributed by atoms with van der Waals surface area (Å²) in [4.78, 5) is 13.5. The Hall–Kier alpha value is -0.650. The molecular formula is C14H26N2O3. The van der Waals surface area contributed by atoms with Crippen molar-refractivity contribution in [3.05, 3.63) is 0 Å². The summed E-state index contributed by atoms with van der Waals surface area (Å²) >= 11 is 0. The quantitative estimate of drug-likeness (QED) is 0.823. The number of nitrogens with zero attached hydrogens (tertiary/aromatic N) is 1. The highest BCUT2D eigenvalue weighted by molar-refractivity contribution is 5.80. The SMILES string of the molecule is CC(NC1CCOC2(CCOCC2)C1)C(=O)N(C)C. The number of hydrogen-bond acceptors (Lipinski definition) is 4. The zero-order chi connectivity index (χ0) is 13.9. The van der Waals surface area contributed by atoms with E-state index in [-0.39, 0.29) is 17.6 Å². The molecule has 2 unspecified atom stereocenters. The molecule has 2 fully saturated rings. The Morgan fingerprint density at radius 3 is 2.63 bits per heavy atom. The molecule has 0 aromatic carbocycles. The maximum atomic E-state index is 11.9. The number of carbonyl (C=O) groups is 1. The molecule has 0 aromatic rings. The van der Waals surface area contributed by atoms with Gasteiger partial charge >= 0.3 is 0 Å². The number of nitrogens with one attached hydrogen (secondary N) is 1. The van der Waals surface area contributed by atoms with Crippen LogP contribution in [0.2, 0.25) is 0 Å². The number of amides is 1. The lowest BCUT2D eigenvalue weighted by Crippen LogP contribution is -2.53. The predicted octanol–water partition coefficient (Wildman–Crippen LogP) is 0.781. The molecule has 0 aliphatic carbocycles. The lowest BCUT2D eigenvalue weighted by atomic mass is 9.84. The van der Waals surface area contributed by atoms with E-state index in [4.69, 9.17) is 9.47 Å². The van der Waals surface area contributed by atoms with E-state index in [1.54, 1.807) is 19.0 Å². The molecule has 2 atom stereocenters. The van der Waals surface area contributed by atoms with Gasteiger partial charge in [0.15, 0.2) is 0 Å². The van der Waals surface area contributed by atoms with Gasteiger partial charge in [-0.15, -0.1) is 0 Å².